The van der Waals surface area contributed by atoms with Gasteiger partial charge in [-0.2, -0.15) is 0 Å². The zero-order valence-electron chi connectivity index (χ0n) is 14.6. The lowest BCUT2D eigenvalue weighted by molar-refractivity contribution is -0.148. The molecule has 2 rings (SSSR count). The van der Waals surface area contributed by atoms with Gasteiger partial charge in [0.2, 0.25) is 0 Å². The number of imide groups is 1. The number of carbonyl (C=O) groups is 3. The third kappa shape index (κ3) is 4.63. The quantitative estimate of drug-likeness (QED) is 0.570. The Balaban J connectivity index is 2.12. The van der Waals surface area contributed by atoms with E-state index in [0.29, 0.717) is 12.5 Å². The van der Waals surface area contributed by atoms with Gasteiger partial charge in [0, 0.05) is 0 Å². The fourth-order valence-corrected chi connectivity index (χ4v) is 3.07. The molecule has 0 unspecified atom stereocenters. The summed E-state index contributed by atoms with van der Waals surface area (Å²) in [7, 11) is 1.22. The van der Waals surface area contributed by atoms with E-state index in [2.05, 4.69) is 18.6 Å². The Bertz CT molecular complexity index is 696. The molecule has 25 heavy (non-hydrogen) atoms. The Hall–Kier alpha value is -2.28. The number of benzene rings is 1. The summed E-state index contributed by atoms with van der Waals surface area (Å²) in [6.45, 7) is 6.23. The second-order valence-corrected chi connectivity index (χ2v) is 7.02. The van der Waals surface area contributed by atoms with Gasteiger partial charge in [0.05, 0.1) is 18.6 Å². The van der Waals surface area contributed by atoms with Crippen molar-refractivity contribution in [2.75, 3.05) is 13.7 Å². The van der Waals surface area contributed by atoms with E-state index in [1.165, 1.54) is 14.0 Å². The first-order chi connectivity index (χ1) is 11.8. The summed E-state index contributed by atoms with van der Waals surface area (Å²) in [6.07, 6.45) is 1.63. The summed E-state index contributed by atoms with van der Waals surface area (Å²) >= 11 is 0.811. The second-order valence-electron chi connectivity index (χ2n) is 6.02. The monoisotopic (exact) mass is 363 g/mol. The number of ether oxygens (including phenoxy) is 2. The molecular weight excluding hydrogens is 342 g/mol. The number of thioether (sulfide) groups is 1. The van der Waals surface area contributed by atoms with E-state index in [1.54, 1.807) is 6.08 Å². The molecule has 134 valence electrons. The molecule has 7 heteroatoms. The van der Waals surface area contributed by atoms with Crippen LogP contribution in [0.5, 0.6) is 5.75 Å². The summed E-state index contributed by atoms with van der Waals surface area (Å²) in [6, 6.07) is 6.31. The summed E-state index contributed by atoms with van der Waals surface area (Å²) < 4.78 is 10.2. The van der Waals surface area contributed by atoms with E-state index in [0.717, 1.165) is 28.0 Å². The van der Waals surface area contributed by atoms with Crippen molar-refractivity contribution in [3.63, 3.8) is 0 Å². The maximum absolute atomic E-state index is 12.4. The summed E-state index contributed by atoms with van der Waals surface area (Å²) in [5, 5.41) is -0.481. The number of carbonyl (C=O) groups excluding carboxylic acids is 3. The highest BCUT2D eigenvalue weighted by Gasteiger charge is 2.41. The predicted octanol–water partition coefficient (Wildman–Crippen LogP) is 3.32. The molecule has 1 atom stereocenters. The highest BCUT2D eigenvalue weighted by Crippen LogP contribution is 2.34. The van der Waals surface area contributed by atoms with Crippen molar-refractivity contribution < 1.29 is 23.9 Å². The standard InChI is InChI=1S/C18H21NO5S/c1-11(2)10-24-14-7-5-13(6-8-14)9-15-16(20)19(18(22)25-15)12(3)17(21)23-4/h5-9,11-12H,10H2,1-4H3/b15-9+/t12-/m0/s1. The first kappa shape index (κ1) is 19.1. The van der Waals surface area contributed by atoms with Gasteiger partial charge in [-0.05, 0) is 48.4 Å². The van der Waals surface area contributed by atoms with Crippen LogP contribution < -0.4 is 4.74 Å². The molecule has 1 fully saturated rings. The first-order valence-electron chi connectivity index (χ1n) is 7.91. The normalized spacial score (nSPS) is 17.3. The predicted molar refractivity (Wildman–Crippen MR) is 96.1 cm³/mol. The molecule has 2 amide bonds. The number of hydrogen-bond acceptors (Lipinski definition) is 6. The molecule has 0 spiro atoms. The third-order valence-electron chi connectivity index (χ3n) is 3.51. The largest absolute Gasteiger partial charge is 0.493 e. The van der Waals surface area contributed by atoms with Gasteiger partial charge in [-0.15, -0.1) is 0 Å². The van der Waals surface area contributed by atoms with Crippen molar-refractivity contribution in [2.24, 2.45) is 5.92 Å². The van der Waals surface area contributed by atoms with Crippen LogP contribution in [0.15, 0.2) is 29.2 Å². The van der Waals surface area contributed by atoms with Crippen LogP contribution in [-0.2, 0) is 14.3 Å². The van der Waals surface area contributed by atoms with Gasteiger partial charge in [0.25, 0.3) is 11.1 Å². The SMILES string of the molecule is COC(=O)[C@H](C)N1C(=O)S/C(=C/c2ccc(OCC(C)C)cc2)C1=O. The van der Waals surface area contributed by atoms with Crippen LogP contribution in [0, 0.1) is 5.92 Å². The van der Waals surface area contributed by atoms with Gasteiger partial charge >= 0.3 is 5.97 Å². The van der Waals surface area contributed by atoms with Gasteiger partial charge in [0.1, 0.15) is 11.8 Å². The van der Waals surface area contributed by atoms with E-state index >= 15 is 0 Å². The molecule has 0 bridgehead atoms. The summed E-state index contributed by atoms with van der Waals surface area (Å²) in [4.78, 5) is 37.2. The molecule has 1 heterocycles. The Morgan fingerprint density at radius 2 is 1.84 bits per heavy atom. The molecule has 1 aromatic rings. The van der Waals surface area contributed by atoms with E-state index in [1.807, 2.05) is 24.3 Å². The van der Waals surface area contributed by atoms with E-state index in [-0.39, 0.29) is 4.91 Å². The lowest BCUT2D eigenvalue weighted by Gasteiger charge is -2.18. The lowest BCUT2D eigenvalue weighted by atomic mass is 10.2. The van der Waals surface area contributed by atoms with Crippen molar-refractivity contribution in [1.82, 2.24) is 4.90 Å². The van der Waals surface area contributed by atoms with Crippen molar-refractivity contribution in [1.29, 1.82) is 0 Å². The number of hydrogen-bond donors (Lipinski definition) is 0. The van der Waals surface area contributed by atoms with Crippen molar-refractivity contribution >= 4 is 35.0 Å². The fourth-order valence-electron chi connectivity index (χ4n) is 2.16. The Labute approximate surface area is 151 Å². The number of methoxy groups -OCH3 is 1. The molecule has 6 nitrogen and oxygen atoms in total. The van der Waals surface area contributed by atoms with Crippen LogP contribution in [0.2, 0.25) is 0 Å². The number of esters is 1. The number of amides is 2. The summed E-state index contributed by atoms with van der Waals surface area (Å²) in [5.41, 5.74) is 0.771. The van der Waals surface area contributed by atoms with Crippen LogP contribution in [0.25, 0.3) is 6.08 Å². The van der Waals surface area contributed by atoms with Gasteiger partial charge in [0.15, 0.2) is 0 Å². The molecule has 1 saturated heterocycles. The molecule has 0 aromatic heterocycles. The van der Waals surface area contributed by atoms with Gasteiger partial charge < -0.3 is 9.47 Å². The van der Waals surface area contributed by atoms with E-state index in [4.69, 9.17) is 4.74 Å². The Morgan fingerprint density at radius 3 is 2.40 bits per heavy atom. The van der Waals surface area contributed by atoms with Crippen molar-refractivity contribution in [2.45, 2.75) is 26.8 Å². The molecule has 1 aliphatic heterocycles. The smallest absolute Gasteiger partial charge is 0.328 e. The molecule has 1 aliphatic rings. The van der Waals surface area contributed by atoms with Crippen LogP contribution in [0.1, 0.15) is 26.3 Å². The van der Waals surface area contributed by atoms with Gasteiger partial charge in [-0.1, -0.05) is 26.0 Å². The highest BCUT2D eigenvalue weighted by atomic mass is 32.2. The Morgan fingerprint density at radius 1 is 1.20 bits per heavy atom. The minimum Gasteiger partial charge on any atom is -0.493 e. The zero-order chi connectivity index (χ0) is 18.6. The van der Waals surface area contributed by atoms with Crippen molar-refractivity contribution in [3.05, 3.63) is 34.7 Å². The minimum atomic E-state index is -0.949. The Kier molecular flexibility index (Phi) is 6.25. The first-order valence-corrected chi connectivity index (χ1v) is 8.73. The van der Waals surface area contributed by atoms with E-state index in [9.17, 15) is 14.4 Å². The highest BCUT2D eigenvalue weighted by molar-refractivity contribution is 8.18. The molecule has 0 saturated carbocycles. The summed E-state index contributed by atoms with van der Waals surface area (Å²) in [5.74, 6) is 0.0598. The fraction of sp³-hybridized carbons (Fsp3) is 0.389. The topological polar surface area (TPSA) is 72.9 Å². The van der Waals surface area contributed by atoms with Crippen molar-refractivity contribution in [3.8, 4) is 5.75 Å². The zero-order valence-corrected chi connectivity index (χ0v) is 15.5. The second kappa shape index (κ2) is 8.20. The molecule has 0 N–H and O–H groups in total. The average Bonchev–Trinajstić information content (AvgIpc) is 2.86. The van der Waals surface area contributed by atoms with Gasteiger partial charge in [-0.3, -0.25) is 14.5 Å². The molecule has 0 aliphatic carbocycles. The molecule has 1 aromatic carbocycles. The average molecular weight is 363 g/mol. The van der Waals surface area contributed by atoms with Crippen LogP contribution >= 0.6 is 11.8 Å². The lowest BCUT2D eigenvalue weighted by Crippen LogP contribution is -2.42. The minimum absolute atomic E-state index is 0.275. The van der Waals surface area contributed by atoms with Crippen LogP contribution in [0.4, 0.5) is 4.79 Å². The third-order valence-corrected chi connectivity index (χ3v) is 4.40. The number of rotatable bonds is 6. The maximum Gasteiger partial charge on any atom is 0.328 e. The van der Waals surface area contributed by atoms with Crippen LogP contribution in [0.3, 0.4) is 0 Å². The van der Waals surface area contributed by atoms with E-state index < -0.39 is 23.2 Å². The molecule has 0 radical (unpaired) electrons. The van der Waals surface area contributed by atoms with Gasteiger partial charge in [-0.25, -0.2) is 4.79 Å². The maximum atomic E-state index is 12.4. The molecular formula is C18H21NO5S. The number of nitrogens with zero attached hydrogens (tertiary/aromatic N) is 1. The van der Waals surface area contributed by atoms with Crippen LogP contribution in [-0.4, -0.2) is 41.8 Å².